The zero-order chi connectivity index (χ0) is 25.6. The topological polar surface area (TPSA) is 89.1 Å². The van der Waals surface area contributed by atoms with Gasteiger partial charge in [0.25, 0.3) is 5.91 Å². The number of hydrogen-bond donors (Lipinski definition) is 1. The number of methoxy groups -OCH3 is 1. The molecule has 1 saturated heterocycles. The normalized spacial score (nSPS) is 15.1. The van der Waals surface area contributed by atoms with Gasteiger partial charge in [-0.1, -0.05) is 30.0 Å². The largest absolute Gasteiger partial charge is 0.454 e. The average molecular weight is 522 g/mol. The van der Waals surface area contributed by atoms with Gasteiger partial charge in [0.1, 0.15) is 5.82 Å². The summed E-state index contributed by atoms with van der Waals surface area (Å²) in [6, 6.07) is 15.3. The number of benzene rings is 2. The van der Waals surface area contributed by atoms with Crippen molar-refractivity contribution in [2.75, 3.05) is 52.0 Å². The number of anilines is 1. The van der Waals surface area contributed by atoms with Gasteiger partial charge in [-0.15, -0.1) is 0 Å². The number of ether oxygens (including phenoxy) is 3. The van der Waals surface area contributed by atoms with E-state index in [2.05, 4.69) is 27.1 Å². The molecule has 3 aromatic rings. The van der Waals surface area contributed by atoms with Crippen LogP contribution in [-0.4, -0.2) is 67.9 Å². The standard InChI is InChI=1S/C27H31N5O4S/c1-31-9-11-32(12-10-31)25-14-22(16-34-2)29-27(30-25)37-17-19-3-6-21(7-4-19)26(33)28-15-20-5-8-23-24(13-20)36-18-35-23/h3-8,13-14H,9-12,15-18H2,1-2H3,(H,28,33). The number of fused-ring (bicyclic) bond motifs is 1. The maximum atomic E-state index is 12.6. The summed E-state index contributed by atoms with van der Waals surface area (Å²) in [4.78, 5) is 26.8. The van der Waals surface area contributed by atoms with Crippen molar-refractivity contribution >= 4 is 23.5 Å². The van der Waals surface area contributed by atoms with E-state index in [1.54, 1.807) is 18.9 Å². The van der Waals surface area contributed by atoms with Crippen LogP contribution in [0.5, 0.6) is 11.5 Å². The number of piperazine rings is 1. The minimum atomic E-state index is -0.121. The van der Waals surface area contributed by atoms with Crippen molar-refractivity contribution in [3.8, 4) is 11.5 Å². The van der Waals surface area contributed by atoms with Crippen LogP contribution in [0, 0.1) is 0 Å². The van der Waals surface area contributed by atoms with Gasteiger partial charge in [-0.2, -0.15) is 0 Å². The molecule has 2 aliphatic heterocycles. The number of likely N-dealkylation sites (N-methyl/N-ethyl adjacent to an activating group) is 1. The predicted molar refractivity (Wildman–Crippen MR) is 142 cm³/mol. The van der Waals surface area contributed by atoms with E-state index in [1.165, 1.54) is 0 Å². The van der Waals surface area contributed by atoms with Crippen molar-refractivity contribution < 1.29 is 19.0 Å². The molecule has 194 valence electrons. The number of nitrogens with zero attached hydrogens (tertiary/aromatic N) is 4. The molecule has 1 N–H and O–H groups in total. The van der Waals surface area contributed by atoms with E-state index in [1.807, 2.05) is 48.5 Å². The highest BCUT2D eigenvalue weighted by atomic mass is 32.2. The summed E-state index contributed by atoms with van der Waals surface area (Å²) in [5, 5.41) is 3.69. The summed E-state index contributed by atoms with van der Waals surface area (Å²) < 4.78 is 16.1. The van der Waals surface area contributed by atoms with Crippen molar-refractivity contribution in [2.45, 2.75) is 24.1 Å². The average Bonchev–Trinajstić information content (AvgIpc) is 3.39. The van der Waals surface area contributed by atoms with Crippen LogP contribution in [0.1, 0.15) is 27.2 Å². The first-order valence-corrected chi connectivity index (χ1v) is 13.2. The smallest absolute Gasteiger partial charge is 0.251 e. The Balaban J connectivity index is 1.17. The molecule has 1 fully saturated rings. The Morgan fingerprint density at radius 1 is 1.00 bits per heavy atom. The fourth-order valence-electron chi connectivity index (χ4n) is 4.18. The van der Waals surface area contributed by atoms with E-state index in [-0.39, 0.29) is 12.7 Å². The van der Waals surface area contributed by atoms with Crippen LogP contribution < -0.4 is 19.7 Å². The third-order valence-corrected chi connectivity index (χ3v) is 7.26. The second kappa shape index (κ2) is 11.8. The van der Waals surface area contributed by atoms with E-state index in [9.17, 15) is 4.79 Å². The molecule has 0 spiro atoms. The summed E-state index contributed by atoms with van der Waals surface area (Å²) in [6.07, 6.45) is 0. The summed E-state index contributed by atoms with van der Waals surface area (Å²) in [5.41, 5.74) is 3.55. The number of thioether (sulfide) groups is 1. The van der Waals surface area contributed by atoms with Crippen LogP contribution in [0.15, 0.2) is 53.7 Å². The molecule has 0 atom stereocenters. The summed E-state index contributed by atoms with van der Waals surface area (Å²) in [6.45, 7) is 5.03. The van der Waals surface area contributed by atoms with Gasteiger partial charge in [-0.05, 0) is 42.4 Å². The quantitative estimate of drug-likeness (QED) is 0.336. The molecular weight excluding hydrogens is 490 g/mol. The molecule has 3 heterocycles. The number of nitrogens with one attached hydrogen (secondary N) is 1. The van der Waals surface area contributed by atoms with Crippen molar-refractivity contribution in [3.05, 3.63) is 70.9 Å². The van der Waals surface area contributed by atoms with Gasteiger partial charge in [0.15, 0.2) is 16.7 Å². The molecule has 0 aliphatic carbocycles. The van der Waals surface area contributed by atoms with Crippen LogP contribution in [-0.2, 0) is 23.6 Å². The number of rotatable bonds is 9. The first-order chi connectivity index (χ1) is 18.1. The molecule has 1 amide bonds. The number of hydrogen-bond acceptors (Lipinski definition) is 9. The number of amides is 1. The summed E-state index contributed by atoms with van der Waals surface area (Å²) in [5.74, 6) is 2.98. The van der Waals surface area contributed by atoms with Gasteiger partial charge in [-0.25, -0.2) is 9.97 Å². The van der Waals surface area contributed by atoms with Crippen molar-refractivity contribution in [1.29, 1.82) is 0 Å². The fourth-order valence-corrected chi connectivity index (χ4v) is 5.01. The van der Waals surface area contributed by atoms with Crippen LogP contribution in [0.3, 0.4) is 0 Å². The first kappa shape index (κ1) is 25.3. The van der Waals surface area contributed by atoms with Crippen LogP contribution in [0.2, 0.25) is 0 Å². The summed E-state index contributed by atoms with van der Waals surface area (Å²) >= 11 is 1.59. The number of aromatic nitrogens is 2. The number of carbonyl (C=O) groups is 1. The molecule has 2 aromatic carbocycles. The summed E-state index contributed by atoms with van der Waals surface area (Å²) in [7, 11) is 3.82. The van der Waals surface area contributed by atoms with Gasteiger partial charge < -0.3 is 29.3 Å². The van der Waals surface area contributed by atoms with Gasteiger partial charge >= 0.3 is 0 Å². The Labute approximate surface area is 221 Å². The highest BCUT2D eigenvalue weighted by molar-refractivity contribution is 7.98. The lowest BCUT2D eigenvalue weighted by molar-refractivity contribution is 0.0951. The van der Waals surface area contributed by atoms with Gasteiger partial charge in [0, 0.05) is 57.2 Å². The van der Waals surface area contributed by atoms with E-state index < -0.39 is 0 Å². The Kier molecular flexibility index (Phi) is 8.08. The van der Waals surface area contributed by atoms with Crippen LogP contribution in [0.4, 0.5) is 5.82 Å². The van der Waals surface area contributed by atoms with Crippen molar-refractivity contribution in [2.24, 2.45) is 0 Å². The SMILES string of the molecule is COCc1cc(N2CCN(C)CC2)nc(SCc2ccc(C(=O)NCc3ccc4c(c3)OCO4)cc2)n1. The fraction of sp³-hybridized carbons (Fsp3) is 0.370. The third-order valence-electron chi connectivity index (χ3n) is 6.34. The second-order valence-electron chi connectivity index (χ2n) is 9.08. The zero-order valence-electron chi connectivity index (χ0n) is 21.1. The molecule has 1 aromatic heterocycles. The maximum Gasteiger partial charge on any atom is 0.251 e. The Morgan fingerprint density at radius 2 is 1.76 bits per heavy atom. The van der Waals surface area contributed by atoms with Gasteiger partial charge in [0.05, 0.1) is 12.3 Å². The minimum absolute atomic E-state index is 0.121. The van der Waals surface area contributed by atoms with E-state index in [4.69, 9.17) is 19.2 Å². The van der Waals surface area contributed by atoms with Crippen molar-refractivity contribution in [3.63, 3.8) is 0 Å². The van der Waals surface area contributed by atoms with Gasteiger partial charge in [-0.3, -0.25) is 4.79 Å². The lowest BCUT2D eigenvalue weighted by Crippen LogP contribution is -2.44. The molecule has 9 nitrogen and oxygen atoms in total. The Morgan fingerprint density at radius 3 is 2.54 bits per heavy atom. The first-order valence-electron chi connectivity index (χ1n) is 12.3. The van der Waals surface area contributed by atoms with Crippen LogP contribution in [0.25, 0.3) is 0 Å². The molecular formula is C27H31N5O4S. The minimum Gasteiger partial charge on any atom is -0.454 e. The molecule has 2 aliphatic rings. The molecule has 0 saturated carbocycles. The van der Waals surface area contributed by atoms with Crippen LogP contribution >= 0.6 is 11.8 Å². The zero-order valence-corrected chi connectivity index (χ0v) is 21.9. The highest BCUT2D eigenvalue weighted by Crippen LogP contribution is 2.32. The van der Waals surface area contributed by atoms with Crippen molar-refractivity contribution in [1.82, 2.24) is 20.2 Å². The molecule has 0 bridgehead atoms. The van der Waals surface area contributed by atoms with E-state index in [0.29, 0.717) is 30.2 Å². The molecule has 0 radical (unpaired) electrons. The lowest BCUT2D eigenvalue weighted by atomic mass is 10.1. The Bertz CT molecular complexity index is 1230. The van der Waals surface area contributed by atoms with E-state index >= 15 is 0 Å². The molecule has 37 heavy (non-hydrogen) atoms. The predicted octanol–water partition coefficient (Wildman–Crippen LogP) is 3.33. The lowest BCUT2D eigenvalue weighted by Gasteiger charge is -2.33. The number of carbonyl (C=O) groups excluding carboxylic acids is 1. The maximum absolute atomic E-state index is 12.6. The third kappa shape index (κ3) is 6.51. The molecule has 10 heteroatoms. The van der Waals surface area contributed by atoms with Gasteiger partial charge in [0.2, 0.25) is 6.79 Å². The highest BCUT2D eigenvalue weighted by Gasteiger charge is 2.18. The molecule has 5 rings (SSSR count). The second-order valence-corrected chi connectivity index (χ2v) is 10.0. The molecule has 0 unspecified atom stereocenters. The van der Waals surface area contributed by atoms with E-state index in [0.717, 1.165) is 59.7 Å². The monoisotopic (exact) mass is 521 g/mol. The Hall–Kier alpha value is -3.34.